The minimum atomic E-state index is -0.389. The van der Waals surface area contributed by atoms with Crippen molar-refractivity contribution in [3.63, 3.8) is 0 Å². The van der Waals surface area contributed by atoms with Crippen LogP contribution >= 0.6 is 0 Å². The van der Waals surface area contributed by atoms with E-state index in [9.17, 15) is 9.59 Å². The number of methoxy groups -OCH3 is 1. The standard InChI is InChI=1S/C17H17NO3/c1-21-16(19)11-10-14(13-7-3-2-4-8-13)17(20)15-9-5-6-12-18-15/h2-9,12,14H,10-11H2,1H3/t14-/m1/s1. The van der Waals surface area contributed by atoms with Gasteiger partial charge in [0.15, 0.2) is 5.78 Å². The van der Waals surface area contributed by atoms with Crippen molar-refractivity contribution in [3.8, 4) is 0 Å². The van der Waals surface area contributed by atoms with Crippen molar-refractivity contribution >= 4 is 11.8 Å². The normalized spacial score (nSPS) is 11.7. The van der Waals surface area contributed by atoms with Crippen molar-refractivity contribution in [1.29, 1.82) is 0 Å². The zero-order valence-electron chi connectivity index (χ0n) is 11.9. The van der Waals surface area contributed by atoms with E-state index in [4.69, 9.17) is 0 Å². The molecule has 0 saturated carbocycles. The van der Waals surface area contributed by atoms with Crippen molar-refractivity contribution in [2.75, 3.05) is 7.11 Å². The molecule has 1 aromatic carbocycles. The summed E-state index contributed by atoms with van der Waals surface area (Å²) in [6.07, 6.45) is 2.20. The lowest BCUT2D eigenvalue weighted by atomic mass is 9.88. The van der Waals surface area contributed by atoms with Crippen LogP contribution in [0.5, 0.6) is 0 Å². The molecule has 0 bridgehead atoms. The summed E-state index contributed by atoms with van der Waals surface area (Å²) >= 11 is 0. The minimum Gasteiger partial charge on any atom is -0.469 e. The van der Waals surface area contributed by atoms with Crippen LogP contribution < -0.4 is 0 Å². The summed E-state index contributed by atoms with van der Waals surface area (Å²) in [6, 6.07) is 14.7. The second-order valence-electron chi connectivity index (χ2n) is 4.66. The zero-order valence-corrected chi connectivity index (χ0v) is 11.9. The molecule has 0 aliphatic rings. The fourth-order valence-corrected chi connectivity index (χ4v) is 2.19. The van der Waals surface area contributed by atoms with E-state index >= 15 is 0 Å². The van der Waals surface area contributed by atoms with Crippen LogP contribution in [0.2, 0.25) is 0 Å². The molecule has 0 saturated heterocycles. The highest BCUT2D eigenvalue weighted by Crippen LogP contribution is 2.25. The van der Waals surface area contributed by atoms with Gasteiger partial charge in [0.05, 0.1) is 7.11 Å². The van der Waals surface area contributed by atoms with Crippen LogP contribution in [0.3, 0.4) is 0 Å². The summed E-state index contributed by atoms with van der Waals surface area (Å²) < 4.78 is 4.66. The molecule has 4 nitrogen and oxygen atoms in total. The fraction of sp³-hybridized carbons (Fsp3) is 0.235. The predicted octanol–water partition coefficient (Wildman–Crippen LogP) is 3.00. The van der Waals surface area contributed by atoms with Gasteiger partial charge < -0.3 is 4.74 Å². The van der Waals surface area contributed by atoms with Gasteiger partial charge in [-0.25, -0.2) is 0 Å². The third-order valence-corrected chi connectivity index (χ3v) is 3.30. The number of hydrogen-bond acceptors (Lipinski definition) is 4. The van der Waals surface area contributed by atoms with Gasteiger partial charge in [0, 0.05) is 18.5 Å². The van der Waals surface area contributed by atoms with Gasteiger partial charge in [-0.15, -0.1) is 0 Å². The molecule has 2 aromatic rings. The molecule has 0 N–H and O–H groups in total. The molecule has 0 aliphatic heterocycles. The number of carbonyl (C=O) groups excluding carboxylic acids is 2. The van der Waals surface area contributed by atoms with E-state index in [1.807, 2.05) is 30.3 Å². The molecule has 0 unspecified atom stereocenters. The highest BCUT2D eigenvalue weighted by atomic mass is 16.5. The van der Waals surface area contributed by atoms with E-state index in [-0.39, 0.29) is 24.1 Å². The quantitative estimate of drug-likeness (QED) is 0.604. The van der Waals surface area contributed by atoms with Crippen molar-refractivity contribution in [2.45, 2.75) is 18.8 Å². The molecule has 21 heavy (non-hydrogen) atoms. The topological polar surface area (TPSA) is 56.3 Å². The Balaban J connectivity index is 2.23. The van der Waals surface area contributed by atoms with Crippen molar-refractivity contribution in [2.24, 2.45) is 0 Å². The Kier molecular flexibility index (Phi) is 5.21. The van der Waals surface area contributed by atoms with Gasteiger partial charge in [-0.1, -0.05) is 36.4 Å². The number of aromatic nitrogens is 1. The Labute approximate surface area is 123 Å². The molecule has 1 heterocycles. The summed E-state index contributed by atoms with van der Waals surface area (Å²) in [4.78, 5) is 28.1. The van der Waals surface area contributed by atoms with Crippen LogP contribution in [0, 0.1) is 0 Å². The summed E-state index contributed by atoms with van der Waals surface area (Å²) in [5, 5.41) is 0. The molecular formula is C17H17NO3. The van der Waals surface area contributed by atoms with E-state index in [2.05, 4.69) is 9.72 Å². The third-order valence-electron chi connectivity index (χ3n) is 3.30. The number of hydrogen-bond donors (Lipinski definition) is 0. The number of carbonyl (C=O) groups is 2. The Morgan fingerprint density at radius 2 is 1.81 bits per heavy atom. The molecule has 108 valence electrons. The van der Waals surface area contributed by atoms with Crippen LogP contribution in [0.25, 0.3) is 0 Å². The molecule has 2 rings (SSSR count). The van der Waals surface area contributed by atoms with Gasteiger partial charge in [-0.3, -0.25) is 14.6 Å². The number of Topliss-reactive ketones (excluding diaryl/α,β-unsaturated/α-hetero) is 1. The van der Waals surface area contributed by atoms with Gasteiger partial charge in [-0.2, -0.15) is 0 Å². The average molecular weight is 283 g/mol. The summed E-state index contributed by atoms with van der Waals surface area (Å²) in [6.45, 7) is 0. The van der Waals surface area contributed by atoms with Crippen LogP contribution in [0.15, 0.2) is 54.7 Å². The first-order valence-corrected chi connectivity index (χ1v) is 6.79. The smallest absolute Gasteiger partial charge is 0.305 e. The first kappa shape index (κ1) is 14.9. The summed E-state index contributed by atoms with van der Waals surface area (Å²) in [7, 11) is 1.35. The SMILES string of the molecule is COC(=O)CC[C@@H](C(=O)c1ccccn1)c1ccccc1. The first-order chi connectivity index (χ1) is 10.2. The maximum Gasteiger partial charge on any atom is 0.305 e. The first-order valence-electron chi connectivity index (χ1n) is 6.79. The molecule has 4 heteroatoms. The number of ketones is 1. The molecule has 0 fully saturated rings. The van der Waals surface area contributed by atoms with E-state index < -0.39 is 0 Å². The number of pyridine rings is 1. The summed E-state index contributed by atoms with van der Waals surface area (Å²) in [5.74, 6) is -0.782. The van der Waals surface area contributed by atoms with Gasteiger partial charge >= 0.3 is 5.97 Å². The number of nitrogens with zero attached hydrogens (tertiary/aromatic N) is 1. The minimum absolute atomic E-state index is 0.0781. The Bertz CT molecular complexity index is 596. The van der Waals surface area contributed by atoms with Crippen LogP contribution in [0.1, 0.15) is 34.8 Å². The van der Waals surface area contributed by atoms with E-state index in [0.29, 0.717) is 12.1 Å². The van der Waals surface area contributed by atoms with Crippen molar-refractivity contribution < 1.29 is 14.3 Å². The average Bonchev–Trinajstić information content (AvgIpc) is 2.56. The van der Waals surface area contributed by atoms with Crippen molar-refractivity contribution in [1.82, 2.24) is 4.98 Å². The number of benzene rings is 1. The summed E-state index contributed by atoms with van der Waals surface area (Å²) in [5.41, 5.74) is 1.30. The van der Waals surface area contributed by atoms with E-state index in [0.717, 1.165) is 5.56 Å². The Morgan fingerprint density at radius 3 is 2.43 bits per heavy atom. The lowest BCUT2D eigenvalue weighted by molar-refractivity contribution is -0.140. The Morgan fingerprint density at radius 1 is 1.10 bits per heavy atom. The van der Waals surface area contributed by atoms with Crippen LogP contribution in [0.4, 0.5) is 0 Å². The van der Waals surface area contributed by atoms with E-state index in [1.54, 1.807) is 24.4 Å². The largest absolute Gasteiger partial charge is 0.469 e. The molecule has 0 spiro atoms. The molecule has 0 amide bonds. The maximum absolute atomic E-state index is 12.6. The maximum atomic E-state index is 12.6. The highest BCUT2D eigenvalue weighted by molar-refractivity contribution is 5.99. The van der Waals surface area contributed by atoms with Gasteiger partial charge in [0.1, 0.15) is 5.69 Å². The Hall–Kier alpha value is -2.49. The second kappa shape index (κ2) is 7.33. The fourth-order valence-electron chi connectivity index (χ4n) is 2.19. The predicted molar refractivity (Wildman–Crippen MR) is 79.0 cm³/mol. The van der Waals surface area contributed by atoms with Gasteiger partial charge in [0.2, 0.25) is 0 Å². The third kappa shape index (κ3) is 3.99. The highest BCUT2D eigenvalue weighted by Gasteiger charge is 2.23. The lowest BCUT2D eigenvalue weighted by Crippen LogP contribution is -2.16. The number of rotatable bonds is 6. The number of esters is 1. The molecule has 1 aromatic heterocycles. The number of ether oxygens (including phenoxy) is 1. The lowest BCUT2D eigenvalue weighted by Gasteiger charge is -2.15. The van der Waals surface area contributed by atoms with Gasteiger partial charge in [-0.05, 0) is 24.1 Å². The molecule has 0 aliphatic carbocycles. The van der Waals surface area contributed by atoms with E-state index in [1.165, 1.54) is 7.11 Å². The van der Waals surface area contributed by atoms with Gasteiger partial charge in [0.25, 0.3) is 0 Å². The van der Waals surface area contributed by atoms with Crippen LogP contribution in [-0.4, -0.2) is 23.8 Å². The molecular weight excluding hydrogens is 266 g/mol. The molecule has 0 radical (unpaired) electrons. The van der Waals surface area contributed by atoms with Crippen LogP contribution in [-0.2, 0) is 9.53 Å². The van der Waals surface area contributed by atoms with Crippen molar-refractivity contribution in [3.05, 3.63) is 66.0 Å². The second-order valence-corrected chi connectivity index (χ2v) is 4.66. The monoisotopic (exact) mass is 283 g/mol. The zero-order chi connectivity index (χ0) is 15.1. The molecule has 1 atom stereocenters.